The van der Waals surface area contributed by atoms with E-state index in [1.807, 2.05) is 0 Å². The van der Waals surface area contributed by atoms with Gasteiger partial charge in [0.25, 0.3) is 11.8 Å². The minimum Gasteiger partial charge on any atom is -0.459 e. The molecule has 0 fully saturated rings. The largest absolute Gasteiger partial charge is 0.459 e. The van der Waals surface area contributed by atoms with E-state index in [-0.39, 0.29) is 10.9 Å². The van der Waals surface area contributed by atoms with Crippen LogP contribution in [0.3, 0.4) is 0 Å². The van der Waals surface area contributed by atoms with Crippen LogP contribution in [0, 0.1) is 0 Å². The van der Waals surface area contributed by atoms with Crippen molar-refractivity contribution in [1.29, 1.82) is 0 Å². The van der Waals surface area contributed by atoms with Crippen molar-refractivity contribution < 1.29 is 14.0 Å². The zero-order chi connectivity index (χ0) is 18.0. The normalized spacial score (nSPS) is 14.0. The molecule has 0 saturated heterocycles. The zero-order valence-corrected chi connectivity index (χ0v) is 15.3. The minimum absolute atomic E-state index is 0.0924. The number of furan rings is 1. The van der Waals surface area contributed by atoms with Crippen molar-refractivity contribution in [2.24, 2.45) is 5.73 Å². The Hall–Kier alpha value is -2.23. The minimum atomic E-state index is -0.495. The van der Waals surface area contributed by atoms with Crippen molar-refractivity contribution in [3.63, 3.8) is 0 Å². The Morgan fingerprint density at radius 3 is 2.92 bits per heavy atom. The first kappa shape index (κ1) is 17.6. The molecule has 0 atom stereocenters. The number of nitrogens with two attached hydrogens (primary N) is 1. The number of anilines is 1. The molecule has 2 aromatic rings. The van der Waals surface area contributed by atoms with Crippen molar-refractivity contribution in [1.82, 2.24) is 10.2 Å². The summed E-state index contributed by atoms with van der Waals surface area (Å²) >= 11 is 6.62. The lowest BCUT2D eigenvalue weighted by Crippen LogP contribution is -2.34. The van der Waals surface area contributed by atoms with Gasteiger partial charge in [-0.05, 0) is 42.9 Å². The molecule has 2 aromatic heterocycles. The Kier molecular flexibility index (Phi) is 5.16. The number of thiophene rings is 1. The summed E-state index contributed by atoms with van der Waals surface area (Å²) < 4.78 is 5.02. The molecule has 1 aliphatic rings. The highest BCUT2D eigenvalue weighted by Gasteiger charge is 2.27. The molecule has 132 valence electrons. The number of amides is 2. The van der Waals surface area contributed by atoms with Crippen molar-refractivity contribution in [2.75, 3.05) is 18.4 Å². The van der Waals surface area contributed by atoms with E-state index in [1.54, 1.807) is 6.07 Å². The van der Waals surface area contributed by atoms with E-state index in [0.717, 1.165) is 36.5 Å². The number of rotatable bonds is 4. The maximum atomic E-state index is 12.0. The molecule has 0 bridgehead atoms. The molecule has 0 aliphatic carbocycles. The van der Waals surface area contributed by atoms with Crippen molar-refractivity contribution in [3.8, 4) is 0 Å². The SMILES string of the molecule is CCN1CCc2c(sc(NC(=S)NC(=O)c3ccco3)c2C(N)=O)C1. The average Bonchev–Trinajstić information content (AvgIpc) is 3.21. The van der Waals surface area contributed by atoms with Crippen molar-refractivity contribution >= 4 is 45.5 Å². The number of fused-ring (bicyclic) bond motifs is 1. The van der Waals surface area contributed by atoms with Crippen LogP contribution in [0.2, 0.25) is 0 Å². The third-order valence-corrected chi connectivity index (χ3v) is 5.36. The van der Waals surface area contributed by atoms with Gasteiger partial charge in [-0.3, -0.25) is 19.8 Å². The first-order valence-electron chi connectivity index (χ1n) is 7.82. The lowest BCUT2D eigenvalue weighted by molar-refractivity contribution is 0.0949. The summed E-state index contributed by atoms with van der Waals surface area (Å²) in [5.41, 5.74) is 7.01. The second-order valence-electron chi connectivity index (χ2n) is 5.58. The second kappa shape index (κ2) is 7.34. The monoisotopic (exact) mass is 378 g/mol. The second-order valence-corrected chi connectivity index (χ2v) is 7.09. The molecule has 0 aromatic carbocycles. The van der Waals surface area contributed by atoms with Crippen LogP contribution < -0.4 is 16.4 Å². The van der Waals surface area contributed by atoms with Gasteiger partial charge >= 0.3 is 0 Å². The summed E-state index contributed by atoms with van der Waals surface area (Å²) in [6.45, 7) is 4.72. The number of carbonyl (C=O) groups is 2. The summed E-state index contributed by atoms with van der Waals surface area (Å²) in [5.74, 6) is -0.796. The Balaban J connectivity index is 1.78. The number of nitrogens with one attached hydrogen (secondary N) is 2. The summed E-state index contributed by atoms with van der Waals surface area (Å²) in [6.07, 6.45) is 2.18. The quantitative estimate of drug-likeness (QED) is 0.703. The molecule has 4 N–H and O–H groups in total. The summed E-state index contributed by atoms with van der Waals surface area (Å²) in [4.78, 5) is 27.3. The fraction of sp³-hybridized carbons (Fsp3) is 0.312. The maximum Gasteiger partial charge on any atom is 0.293 e. The van der Waals surface area contributed by atoms with Gasteiger partial charge in [0, 0.05) is 18.0 Å². The van der Waals surface area contributed by atoms with Gasteiger partial charge < -0.3 is 15.5 Å². The highest BCUT2D eigenvalue weighted by molar-refractivity contribution is 7.80. The van der Waals surface area contributed by atoms with E-state index in [9.17, 15) is 9.59 Å². The lowest BCUT2D eigenvalue weighted by Gasteiger charge is -2.25. The predicted molar refractivity (Wildman–Crippen MR) is 99.9 cm³/mol. The van der Waals surface area contributed by atoms with Crippen LogP contribution in [-0.2, 0) is 13.0 Å². The van der Waals surface area contributed by atoms with Gasteiger partial charge in [-0.1, -0.05) is 6.92 Å². The molecule has 3 heterocycles. The molecule has 0 radical (unpaired) electrons. The molecule has 25 heavy (non-hydrogen) atoms. The fourth-order valence-corrected chi connectivity index (χ4v) is 4.34. The lowest BCUT2D eigenvalue weighted by atomic mass is 10.0. The topological polar surface area (TPSA) is 101 Å². The third-order valence-electron chi connectivity index (χ3n) is 4.03. The number of hydrogen-bond donors (Lipinski definition) is 3. The Morgan fingerprint density at radius 2 is 2.28 bits per heavy atom. The molecular formula is C16H18N4O3S2. The molecule has 0 spiro atoms. The van der Waals surface area contributed by atoms with Crippen LogP contribution in [0.4, 0.5) is 5.00 Å². The van der Waals surface area contributed by atoms with E-state index in [0.29, 0.717) is 10.6 Å². The van der Waals surface area contributed by atoms with E-state index in [4.69, 9.17) is 22.4 Å². The van der Waals surface area contributed by atoms with Gasteiger partial charge in [0.05, 0.1) is 11.8 Å². The van der Waals surface area contributed by atoms with Gasteiger partial charge in [0.2, 0.25) is 0 Å². The molecule has 1 aliphatic heterocycles. The van der Waals surface area contributed by atoms with Crippen LogP contribution in [0.1, 0.15) is 38.3 Å². The third kappa shape index (κ3) is 3.73. The Labute approximate surface area is 154 Å². The van der Waals surface area contributed by atoms with Gasteiger partial charge in [0.1, 0.15) is 5.00 Å². The number of carbonyl (C=O) groups excluding carboxylic acids is 2. The summed E-state index contributed by atoms with van der Waals surface area (Å²) in [5, 5.41) is 6.12. The number of primary amides is 1. The first-order valence-corrected chi connectivity index (χ1v) is 9.04. The van der Waals surface area contributed by atoms with Gasteiger partial charge in [-0.15, -0.1) is 11.3 Å². The molecule has 0 unspecified atom stereocenters. The van der Waals surface area contributed by atoms with Gasteiger partial charge in [-0.2, -0.15) is 0 Å². The number of hydrogen-bond acceptors (Lipinski definition) is 6. The maximum absolute atomic E-state index is 12.0. The predicted octanol–water partition coefficient (Wildman–Crippen LogP) is 1.94. The first-order chi connectivity index (χ1) is 12.0. The highest BCUT2D eigenvalue weighted by Crippen LogP contribution is 2.36. The number of likely N-dealkylation sites (N-methyl/N-ethyl adjacent to an activating group) is 1. The highest BCUT2D eigenvalue weighted by atomic mass is 32.1. The Bertz CT molecular complexity index is 814. The van der Waals surface area contributed by atoms with Gasteiger partial charge in [-0.25, -0.2) is 0 Å². The van der Waals surface area contributed by atoms with Crippen molar-refractivity contribution in [2.45, 2.75) is 19.9 Å². The summed E-state index contributed by atoms with van der Waals surface area (Å²) in [7, 11) is 0. The molecule has 0 saturated carbocycles. The van der Waals surface area contributed by atoms with Crippen LogP contribution >= 0.6 is 23.6 Å². The van der Waals surface area contributed by atoms with E-state index < -0.39 is 11.8 Å². The van der Waals surface area contributed by atoms with Crippen molar-refractivity contribution in [3.05, 3.63) is 40.2 Å². The average molecular weight is 378 g/mol. The van der Waals surface area contributed by atoms with Crippen LogP contribution in [0.5, 0.6) is 0 Å². The van der Waals surface area contributed by atoms with E-state index >= 15 is 0 Å². The molecular weight excluding hydrogens is 360 g/mol. The summed E-state index contributed by atoms with van der Waals surface area (Å²) in [6, 6.07) is 3.15. The van der Waals surface area contributed by atoms with Crippen LogP contribution in [-0.4, -0.2) is 34.9 Å². The van der Waals surface area contributed by atoms with E-state index in [2.05, 4.69) is 22.5 Å². The van der Waals surface area contributed by atoms with E-state index in [1.165, 1.54) is 23.7 Å². The van der Waals surface area contributed by atoms with Gasteiger partial charge in [0.15, 0.2) is 10.9 Å². The molecule has 3 rings (SSSR count). The fourth-order valence-electron chi connectivity index (χ4n) is 2.78. The van der Waals surface area contributed by atoms with Crippen LogP contribution in [0.15, 0.2) is 22.8 Å². The Morgan fingerprint density at radius 1 is 1.48 bits per heavy atom. The molecule has 9 heteroatoms. The number of nitrogens with zero attached hydrogens (tertiary/aromatic N) is 1. The standard InChI is InChI=1S/C16H18N4O3S2/c1-2-20-6-5-9-11(8-20)25-15(12(9)13(17)21)19-16(24)18-14(22)10-4-3-7-23-10/h3-4,7H,2,5-6,8H2,1H3,(H2,17,21)(H2,18,19,22,24). The molecule has 7 nitrogen and oxygen atoms in total. The number of thiocarbonyl (C=S) groups is 1. The zero-order valence-electron chi connectivity index (χ0n) is 13.6. The smallest absolute Gasteiger partial charge is 0.293 e. The molecule has 2 amide bonds. The van der Waals surface area contributed by atoms with Crippen LogP contribution in [0.25, 0.3) is 0 Å².